The molecule has 0 aliphatic carbocycles. The van der Waals surface area contributed by atoms with Crippen LogP contribution in [0, 0.1) is 0 Å². The number of nitrogens with zero attached hydrogens (tertiary/aromatic N) is 2. The molecule has 0 spiro atoms. The fourth-order valence-corrected chi connectivity index (χ4v) is 4.54. The second kappa shape index (κ2) is 9.87. The lowest BCUT2D eigenvalue weighted by Gasteiger charge is -2.36. The van der Waals surface area contributed by atoms with Crippen molar-refractivity contribution in [3.8, 4) is 5.75 Å². The van der Waals surface area contributed by atoms with Gasteiger partial charge in [0.15, 0.2) is 0 Å². The highest BCUT2D eigenvalue weighted by Crippen LogP contribution is 2.33. The first-order valence-corrected chi connectivity index (χ1v) is 11.4. The van der Waals surface area contributed by atoms with Crippen LogP contribution in [0.5, 0.6) is 5.75 Å². The lowest BCUT2D eigenvalue weighted by molar-refractivity contribution is -0.185. The van der Waals surface area contributed by atoms with Crippen LogP contribution in [-0.4, -0.2) is 65.8 Å². The van der Waals surface area contributed by atoms with Gasteiger partial charge in [-0.2, -0.15) is 13.2 Å². The summed E-state index contributed by atoms with van der Waals surface area (Å²) >= 11 is 0. The molecular formula is C21H24F3N3O5S. The minimum atomic E-state index is -4.93. The third-order valence-corrected chi connectivity index (χ3v) is 6.51. The van der Waals surface area contributed by atoms with E-state index in [0.717, 1.165) is 10.5 Å². The Bertz CT molecular complexity index is 1080. The van der Waals surface area contributed by atoms with Crippen LogP contribution >= 0.6 is 0 Å². The van der Waals surface area contributed by atoms with Crippen molar-refractivity contribution < 1.29 is 35.9 Å². The summed E-state index contributed by atoms with van der Waals surface area (Å²) < 4.78 is 76.8. The predicted octanol–water partition coefficient (Wildman–Crippen LogP) is 2.85. The summed E-state index contributed by atoms with van der Waals surface area (Å²) in [5.74, 6) is -1.51. The van der Waals surface area contributed by atoms with Gasteiger partial charge < -0.3 is 19.3 Å². The van der Waals surface area contributed by atoms with Crippen molar-refractivity contribution in [2.75, 3.05) is 50.0 Å². The molecule has 12 heteroatoms. The maximum Gasteiger partial charge on any atom is 0.471 e. The van der Waals surface area contributed by atoms with Gasteiger partial charge in [-0.1, -0.05) is 12.1 Å². The maximum absolute atomic E-state index is 12.9. The summed E-state index contributed by atoms with van der Waals surface area (Å²) in [6.45, 7) is 0.290. The van der Waals surface area contributed by atoms with E-state index in [2.05, 4.69) is 4.72 Å². The van der Waals surface area contributed by atoms with Gasteiger partial charge in [-0.05, 0) is 35.9 Å². The molecule has 1 heterocycles. The quantitative estimate of drug-likeness (QED) is 0.646. The van der Waals surface area contributed by atoms with Gasteiger partial charge in [-0.15, -0.1) is 0 Å². The topological polar surface area (TPSA) is 88.2 Å². The first-order valence-electron chi connectivity index (χ1n) is 9.95. The SMILES string of the molecule is COCc1ccc(NS(=O)(=O)c2ccc(OC)c(N3CCN(C(=O)C(F)(F)F)CC3)c2)cc1. The number of ether oxygens (including phenoxy) is 2. The van der Waals surface area contributed by atoms with E-state index in [1.807, 2.05) is 0 Å². The molecule has 1 N–H and O–H groups in total. The van der Waals surface area contributed by atoms with Crippen LogP contribution in [0.4, 0.5) is 24.5 Å². The van der Waals surface area contributed by atoms with Crippen molar-refractivity contribution in [1.82, 2.24) is 4.90 Å². The number of carbonyl (C=O) groups is 1. The zero-order chi connectivity index (χ0) is 24.2. The summed E-state index contributed by atoms with van der Waals surface area (Å²) in [6.07, 6.45) is -4.93. The Hall–Kier alpha value is -2.99. The minimum absolute atomic E-state index is 0.0342. The summed E-state index contributed by atoms with van der Waals surface area (Å²) in [5, 5.41) is 0. The largest absolute Gasteiger partial charge is 0.495 e. The number of nitrogens with one attached hydrogen (secondary N) is 1. The first kappa shape index (κ1) is 24.6. The summed E-state index contributed by atoms with van der Waals surface area (Å²) in [5.41, 5.74) is 1.66. The van der Waals surface area contributed by atoms with Gasteiger partial charge >= 0.3 is 12.1 Å². The van der Waals surface area contributed by atoms with Crippen LogP contribution < -0.4 is 14.4 Å². The average molecular weight is 488 g/mol. The second-order valence-electron chi connectivity index (χ2n) is 7.35. The highest BCUT2D eigenvalue weighted by molar-refractivity contribution is 7.92. The van der Waals surface area contributed by atoms with E-state index in [-0.39, 0.29) is 31.1 Å². The number of anilines is 2. The van der Waals surface area contributed by atoms with Crippen LogP contribution in [0.25, 0.3) is 0 Å². The number of methoxy groups -OCH3 is 2. The van der Waals surface area contributed by atoms with E-state index in [1.165, 1.54) is 25.3 Å². The van der Waals surface area contributed by atoms with Gasteiger partial charge in [0.1, 0.15) is 5.75 Å². The number of hydrogen-bond acceptors (Lipinski definition) is 6. The highest BCUT2D eigenvalue weighted by Gasteiger charge is 2.43. The zero-order valence-corrected chi connectivity index (χ0v) is 18.9. The molecule has 0 unspecified atom stereocenters. The minimum Gasteiger partial charge on any atom is -0.495 e. The summed E-state index contributed by atoms with van der Waals surface area (Å²) in [7, 11) is -0.971. The number of carbonyl (C=O) groups excluding carboxylic acids is 1. The van der Waals surface area contributed by atoms with Gasteiger partial charge in [0.05, 0.1) is 24.3 Å². The molecule has 0 bridgehead atoms. The molecule has 0 radical (unpaired) electrons. The Morgan fingerprint density at radius 3 is 2.21 bits per heavy atom. The van der Waals surface area contributed by atoms with Gasteiger partial charge in [-0.3, -0.25) is 9.52 Å². The van der Waals surface area contributed by atoms with Crippen molar-refractivity contribution in [2.45, 2.75) is 17.7 Å². The number of piperazine rings is 1. The van der Waals surface area contributed by atoms with Crippen molar-refractivity contribution in [3.63, 3.8) is 0 Å². The molecule has 2 aromatic rings. The third kappa shape index (κ3) is 5.88. The molecule has 1 amide bonds. The van der Waals surface area contributed by atoms with E-state index in [4.69, 9.17) is 9.47 Å². The molecule has 1 aliphatic heterocycles. The number of alkyl halides is 3. The first-order chi connectivity index (χ1) is 15.5. The fraction of sp³-hybridized carbons (Fsp3) is 0.381. The Morgan fingerprint density at radius 1 is 1.03 bits per heavy atom. The van der Waals surface area contributed by atoms with Crippen LogP contribution in [0.2, 0.25) is 0 Å². The third-order valence-electron chi connectivity index (χ3n) is 5.13. The molecule has 1 aliphatic rings. The van der Waals surface area contributed by atoms with Crippen LogP contribution in [-0.2, 0) is 26.2 Å². The number of rotatable bonds is 7. The van der Waals surface area contributed by atoms with Crippen LogP contribution in [0.3, 0.4) is 0 Å². The van der Waals surface area contributed by atoms with E-state index in [1.54, 1.807) is 36.3 Å². The molecular weight excluding hydrogens is 463 g/mol. The molecule has 2 aromatic carbocycles. The normalized spacial score (nSPS) is 14.8. The molecule has 1 fully saturated rings. The monoisotopic (exact) mass is 487 g/mol. The van der Waals surface area contributed by atoms with E-state index in [9.17, 15) is 26.4 Å². The Balaban J connectivity index is 1.78. The van der Waals surface area contributed by atoms with Gasteiger partial charge in [-0.25, -0.2) is 8.42 Å². The molecule has 180 valence electrons. The standard InChI is InChI=1S/C21H24F3N3O5S/c1-31-14-15-3-5-16(6-4-15)25-33(29,30)17-7-8-19(32-2)18(13-17)26-9-11-27(12-10-26)20(28)21(22,23)24/h3-8,13,25H,9-12,14H2,1-2H3. The number of amides is 1. The van der Waals surface area contributed by atoms with E-state index >= 15 is 0 Å². The summed E-state index contributed by atoms with van der Waals surface area (Å²) in [6, 6.07) is 11.0. The molecule has 1 saturated heterocycles. The van der Waals surface area contributed by atoms with E-state index < -0.39 is 22.1 Å². The van der Waals surface area contributed by atoms with Crippen molar-refractivity contribution in [3.05, 3.63) is 48.0 Å². The number of sulfonamides is 1. The van der Waals surface area contributed by atoms with Crippen molar-refractivity contribution in [2.24, 2.45) is 0 Å². The molecule has 3 rings (SSSR count). The van der Waals surface area contributed by atoms with Crippen LogP contribution in [0.15, 0.2) is 47.4 Å². The van der Waals surface area contributed by atoms with E-state index in [0.29, 0.717) is 23.7 Å². The number of hydrogen-bond donors (Lipinski definition) is 1. The molecule has 33 heavy (non-hydrogen) atoms. The smallest absolute Gasteiger partial charge is 0.471 e. The van der Waals surface area contributed by atoms with Crippen molar-refractivity contribution in [1.29, 1.82) is 0 Å². The van der Waals surface area contributed by atoms with Gasteiger partial charge in [0.25, 0.3) is 10.0 Å². The molecule has 0 atom stereocenters. The predicted molar refractivity (Wildman–Crippen MR) is 116 cm³/mol. The Labute approximate surface area is 189 Å². The molecule has 0 aromatic heterocycles. The fourth-order valence-electron chi connectivity index (χ4n) is 3.46. The Kier molecular flexibility index (Phi) is 7.38. The average Bonchev–Trinajstić information content (AvgIpc) is 2.79. The maximum atomic E-state index is 12.9. The molecule has 8 nitrogen and oxygen atoms in total. The second-order valence-corrected chi connectivity index (χ2v) is 9.03. The summed E-state index contributed by atoms with van der Waals surface area (Å²) in [4.78, 5) is 13.9. The Morgan fingerprint density at radius 2 is 1.67 bits per heavy atom. The highest BCUT2D eigenvalue weighted by atomic mass is 32.2. The molecule has 0 saturated carbocycles. The van der Waals surface area contributed by atoms with Gasteiger partial charge in [0, 0.05) is 39.0 Å². The lowest BCUT2D eigenvalue weighted by atomic mass is 10.2. The lowest BCUT2D eigenvalue weighted by Crippen LogP contribution is -2.52. The number of halogens is 3. The zero-order valence-electron chi connectivity index (χ0n) is 18.1. The van der Waals surface area contributed by atoms with Crippen molar-refractivity contribution >= 4 is 27.3 Å². The van der Waals surface area contributed by atoms with Gasteiger partial charge in [0.2, 0.25) is 0 Å². The van der Waals surface area contributed by atoms with Crippen LogP contribution in [0.1, 0.15) is 5.56 Å². The number of benzene rings is 2.